The molecule has 0 amide bonds. The van der Waals surface area contributed by atoms with E-state index in [2.05, 4.69) is 9.72 Å². The second kappa shape index (κ2) is 3.49. The number of halogens is 5. The summed E-state index contributed by atoms with van der Waals surface area (Å²) >= 11 is 5.08. The van der Waals surface area contributed by atoms with Crippen LogP contribution in [0.1, 0.15) is 0 Å². The molecule has 8 heteroatoms. The van der Waals surface area contributed by atoms with Gasteiger partial charge in [0.2, 0.25) is 5.88 Å². The van der Waals surface area contributed by atoms with E-state index >= 15 is 0 Å². The van der Waals surface area contributed by atoms with Crippen molar-refractivity contribution in [3.63, 3.8) is 0 Å². The molecule has 0 unspecified atom stereocenters. The highest BCUT2D eigenvalue weighted by molar-refractivity contribution is 6.32. The summed E-state index contributed by atoms with van der Waals surface area (Å²) in [7, 11) is 0. The third-order valence-corrected chi connectivity index (χ3v) is 1.45. The fourth-order valence-electron chi connectivity index (χ4n) is 0.620. The van der Waals surface area contributed by atoms with Crippen molar-refractivity contribution in [2.75, 3.05) is 0 Å². The Balaban J connectivity index is 3.06. The van der Waals surface area contributed by atoms with E-state index in [1.807, 2.05) is 0 Å². The molecule has 78 valence electrons. The zero-order valence-electron chi connectivity index (χ0n) is 6.27. The lowest BCUT2D eigenvalue weighted by Gasteiger charge is -2.09. The number of rotatable bonds is 1. The van der Waals surface area contributed by atoms with Crippen LogP contribution in [-0.4, -0.2) is 16.5 Å². The molecule has 1 heterocycles. The first-order chi connectivity index (χ1) is 6.31. The summed E-state index contributed by atoms with van der Waals surface area (Å²) < 4.78 is 50.9. The minimum absolute atomic E-state index is 0.461. The van der Waals surface area contributed by atoms with Crippen molar-refractivity contribution >= 4 is 11.6 Å². The molecule has 0 bridgehead atoms. The van der Waals surface area contributed by atoms with Gasteiger partial charge in [0.1, 0.15) is 5.02 Å². The molecule has 3 nitrogen and oxygen atoms in total. The number of hydrogen-bond acceptors (Lipinski definition) is 3. The molecule has 0 aliphatic carbocycles. The van der Waals surface area contributed by atoms with Crippen molar-refractivity contribution in [3.8, 4) is 11.6 Å². The van der Waals surface area contributed by atoms with Gasteiger partial charge in [0, 0.05) is 0 Å². The summed E-state index contributed by atoms with van der Waals surface area (Å²) in [6.07, 6.45) is -4.55. The molecule has 1 aromatic rings. The molecule has 0 aromatic carbocycles. The van der Waals surface area contributed by atoms with Crippen LogP contribution in [0.3, 0.4) is 0 Å². The van der Waals surface area contributed by atoms with Gasteiger partial charge in [0.25, 0.3) is 0 Å². The first kappa shape index (κ1) is 10.8. The highest BCUT2D eigenvalue weighted by Crippen LogP contribution is 2.33. The van der Waals surface area contributed by atoms with E-state index in [4.69, 9.17) is 16.7 Å². The molecule has 0 saturated carbocycles. The smallest absolute Gasteiger partial charge is 0.504 e. The monoisotopic (exact) mass is 231 g/mol. The van der Waals surface area contributed by atoms with Crippen LogP contribution in [0.25, 0.3) is 0 Å². The van der Waals surface area contributed by atoms with Crippen molar-refractivity contribution in [2.24, 2.45) is 0 Å². The molecule has 0 saturated heterocycles. The maximum Gasteiger partial charge on any atom is 0.574 e. The number of ether oxygens (including phenoxy) is 1. The summed E-state index contributed by atoms with van der Waals surface area (Å²) in [6.45, 7) is 0. The Morgan fingerprint density at radius 2 is 2.00 bits per heavy atom. The maximum atomic E-state index is 12.7. The van der Waals surface area contributed by atoms with Crippen molar-refractivity contribution in [3.05, 3.63) is 17.0 Å². The van der Waals surface area contributed by atoms with Crippen LogP contribution in [-0.2, 0) is 0 Å². The van der Waals surface area contributed by atoms with E-state index in [-0.39, 0.29) is 0 Å². The van der Waals surface area contributed by atoms with Gasteiger partial charge in [-0.3, -0.25) is 0 Å². The molecule has 1 N–H and O–H groups in total. The van der Waals surface area contributed by atoms with Gasteiger partial charge >= 0.3 is 6.36 Å². The van der Waals surface area contributed by atoms with Gasteiger partial charge < -0.3 is 9.84 Å². The second-order valence-corrected chi connectivity index (χ2v) is 2.50. The fourth-order valence-corrected chi connectivity index (χ4v) is 0.804. The summed E-state index contributed by atoms with van der Waals surface area (Å²) in [5.41, 5.74) is 0. The number of nitrogens with zero attached hydrogens (tertiary/aromatic N) is 1. The summed E-state index contributed by atoms with van der Waals surface area (Å²) in [4.78, 5) is 2.96. The highest BCUT2D eigenvalue weighted by Gasteiger charge is 2.33. The average molecular weight is 232 g/mol. The van der Waals surface area contributed by atoms with Crippen molar-refractivity contribution in [1.82, 2.24) is 4.98 Å². The first-order valence-electron chi connectivity index (χ1n) is 3.10. The quantitative estimate of drug-likeness (QED) is 0.755. The van der Waals surface area contributed by atoms with Gasteiger partial charge in [0.15, 0.2) is 11.6 Å². The molecule has 1 aromatic heterocycles. The summed E-state index contributed by atoms with van der Waals surface area (Å²) in [6, 6.07) is 0. The molecule has 14 heavy (non-hydrogen) atoms. The Bertz CT molecular complexity index is 354. The van der Waals surface area contributed by atoms with Gasteiger partial charge in [-0.1, -0.05) is 11.6 Å². The molecule has 1 rings (SSSR count). The fraction of sp³-hybridized carbons (Fsp3) is 0.167. The Morgan fingerprint density at radius 1 is 1.43 bits per heavy atom. The zero-order chi connectivity index (χ0) is 10.9. The Kier molecular flexibility index (Phi) is 2.70. The normalized spacial score (nSPS) is 11.5. The SMILES string of the molecule is Oc1cnc(OC(F)(F)F)c(Cl)c1F. The second-order valence-electron chi connectivity index (χ2n) is 2.12. The number of hydrogen-bond donors (Lipinski definition) is 1. The third-order valence-electron chi connectivity index (χ3n) is 1.12. The van der Waals surface area contributed by atoms with Crippen LogP contribution in [0.2, 0.25) is 5.02 Å². The van der Waals surface area contributed by atoms with Crippen LogP contribution < -0.4 is 4.74 Å². The van der Waals surface area contributed by atoms with Crippen LogP contribution in [0.4, 0.5) is 17.6 Å². The molecule has 0 aliphatic heterocycles. The summed E-state index contributed by atoms with van der Waals surface area (Å²) in [5, 5.41) is 7.64. The first-order valence-corrected chi connectivity index (χ1v) is 3.48. The minimum atomic E-state index is -5.01. The molecular formula is C6H2ClF4NO2. The Hall–Kier alpha value is -1.24. The van der Waals surface area contributed by atoms with Crippen LogP contribution in [0.5, 0.6) is 11.6 Å². The maximum absolute atomic E-state index is 12.7. The largest absolute Gasteiger partial charge is 0.574 e. The predicted molar refractivity (Wildman–Crippen MR) is 37.6 cm³/mol. The van der Waals surface area contributed by atoms with Gasteiger partial charge in [-0.25, -0.2) is 9.37 Å². The zero-order valence-corrected chi connectivity index (χ0v) is 7.03. The number of pyridine rings is 1. The van der Waals surface area contributed by atoms with Crippen molar-refractivity contribution < 1.29 is 27.4 Å². The average Bonchev–Trinajstić information content (AvgIpc) is 2.04. The number of alkyl halides is 3. The van der Waals surface area contributed by atoms with Crippen LogP contribution in [0, 0.1) is 5.82 Å². The van der Waals surface area contributed by atoms with Crippen LogP contribution in [0.15, 0.2) is 6.20 Å². The minimum Gasteiger partial charge on any atom is -0.504 e. The molecule has 0 aliphatic rings. The van der Waals surface area contributed by atoms with Gasteiger partial charge in [0.05, 0.1) is 6.20 Å². The van der Waals surface area contributed by atoms with E-state index in [0.717, 1.165) is 0 Å². The van der Waals surface area contributed by atoms with Gasteiger partial charge in [-0.05, 0) is 0 Å². The molecule has 0 spiro atoms. The lowest BCUT2D eigenvalue weighted by Crippen LogP contribution is -2.18. The van der Waals surface area contributed by atoms with E-state index in [0.29, 0.717) is 6.20 Å². The summed E-state index contributed by atoms with van der Waals surface area (Å²) in [5.74, 6) is -3.51. The van der Waals surface area contributed by atoms with Crippen molar-refractivity contribution in [1.29, 1.82) is 0 Å². The number of aromatic nitrogens is 1. The van der Waals surface area contributed by atoms with E-state index in [1.165, 1.54) is 0 Å². The predicted octanol–water partition coefficient (Wildman–Crippen LogP) is 2.48. The highest BCUT2D eigenvalue weighted by atomic mass is 35.5. The van der Waals surface area contributed by atoms with Gasteiger partial charge in [-0.2, -0.15) is 0 Å². The lowest BCUT2D eigenvalue weighted by atomic mass is 10.4. The van der Waals surface area contributed by atoms with Crippen LogP contribution >= 0.6 is 11.6 Å². The van der Waals surface area contributed by atoms with E-state index in [9.17, 15) is 17.6 Å². The topological polar surface area (TPSA) is 42.4 Å². The van der Waals surface area contributed by atoms with Crippen molar-refractivity contribution in [2.45, 2.75) is 6.36 Å². The van der Waals surface area contributed by atoms with Gasteiger partial charge in [-0.15, -0.1) is 13.2 Å². The molecule has 0 atom stereocenters. The Labute approximate surface area is 79.9 Å². The molecule has 0 fully saturated rings. The lowest BCUT2D eigenvalue weighted by molar-refractivity contribution is -0.276. The molecular weight excluding hydrogens is 230 g/mol. The van der Waals surface area contributed by atoms with E-state index < -0.39 is 28.8 Å². The third kappa shape index (κ3) is 2.38. The van der Waals surface area contributed by atoms with E-state index in [1.54, 1.807) is 0 Å². The molecule has 0 radical (unpaired) electrons. The standard InChI is InChI=1S/C6H2ClF4NO2/c7-3-4(8)2(13)1-12-5(3)14-6(9,10)11/h1,13H. The Morgan fingerprint density at radius 3 is 2.50 bits per heavy atom. The number of aromatic hydroxyl groups is 1.